The van der Waals surface area contributed by atoms with Gasteiger partial charge in [-0.05, 0) is 59.7 Å². The van der Waals surface area contributed by atoms with Crippen molar-refractivity contribution in [3.05, 3.63) is 125 Å². The summed E-state index contributed by atoms with van der Waals surface area (Å²) in [5.41, 5.74) is 2.51. The fourth-order valence-corrected chi connectivity index (χ4v) is 7.00. The largest absolute Gasteiger partial charge is 0.497 e. The number of ketones is 2. The third-order valence-corrected chi connectivity index (χ3v) is 8.82. The van der Waals surface area contributed by atoms with Gasteiger partial charge in [0, 0.05) is 22.5 Å². The second-order valence-corrected chi connectivity index (χ2v) is 10.8. The van der Waals surface area contributed by atoms with Gasteiger partial charge < -0.3 is 19.7 Å². The van der Waals surface area contributed by atoms with Gasteiger partial charge in [0.25, 0.3) is 0 Å². The van der Waals surface area contributed by atoms with E-state index < -0.39 is 23.4 Å². The van der Waals surface area contributed by atoms with Gasteiger partial charge in [-0.25, -0.2) is 0 Å². The van der Waals surface area contributed by atoms with E-state index in [2.05, 4.69) is 5.32 Å². The number of benzene rings is 4. The molecule has 42 heavy (non-hydrogen) atoms. The summed E-state index contributed by atoms with van der Waals surface area (Å²) in [5, 5.41) is 3.06. The summed E-state index contributed by atoms with van der Waals surface area (Å²) < 4.78 is 10.8. The number of ether oxygens (including phenoxy) is 2. The van der Waals surface area contributed by atoms with Gasteiger partial charge in [0.15, 0.2) is 11.6 Å². The van der Waals surface area contributed by atoms with Crippen LogP contribution >= 0.6 is 0 Å². The number of carbonyl (C=O) groups is 3. The fourth-order valence-electron chi connectivity index (χ4n) is 7.00. The van der Waals surface area contributed by atoms with Crippen molar-refractivity contribution in [3.63, 3.8) is 0 Å². The highest BCUT2D eigenvalue weighted by atomic mass is 16.5. The number of rotatable bonds is 6. The highest BCUT2D eigenvalue weighted by molar-refractivity contribution is 6.18. The first-order valence-corrected chi connectivity index (χ1v) is 13.8. The van der Waals surface area contributed by atoms with Crippen LogP contribution in [0, 0.1) is 5.92 Å². The predicted octanol–water partition coefficient (Wildman–Crippen LogP) is 5.56. The standard InChI is InChI=1S/C35H28N2O5/c1-41-24-17-14-22(15-18-24)32(38)30-31(33(39)23-9-7-10-25(20-23)42-2)37-28-13-6-3-8-21(28)16-19-29(37)35(30)26-11-4-5-12-27(26)36-34(35)40/h3-20,29-31H,1-2H3,(H,36,40). The number of anilines is 2. The second-order valence-electron chi connectivity index (χ2n) is 10.8. The Hall–Kier alpha value is -5.17. The van der Waals surface area contributed by atoms with Crippen molar-refractivity contribution in [2.24, 2.45) is 5.92 Å². The lowest BCUT2D eigenvalue weighted by Crippen LogP contribution is -2.51. The lowest BCUT2D eigenvalue weighted by atomic mass is 9.64. The number of hydrogen-bond donors (Lipinski definition) is 1. The molecule has 0 radical (unpaired) electrons. The number of methoxy groups -OCH3 is 2. The van der Waals surface area contributed by atoms with Crippen LogP contribution in [0.25, 0.3) is 6.08 Å². The van der Waals surface area contributed by atoms with Crippen molar-refractivity contribution in [2.45, 2.75) is 17.5 Å². The van der Waals surface area contributed by atoms with Gasteiger partial charge in [-0.1, -0.05) is 60.7 Å². The summed E-state index contributed by atoms with van der Waals surface area (Å²) >= 11 is 0. The van der Waals surface area contributed by atoms with Gasteiger partial charge in [-0.2, -0.15) is 0 Å². The first-order valence-electron chi connectivity index (χ1n) is 13.8. The number of hydrogen-bond acceptors (Lipinski definition) is 6. The number of fused-ring (bicyclic) bond motifs is 6. The monoisotopic (exact) mass is 556 g/mol. The molecule has 1 saturated heterocycles. The summed E-state index contributed by atoms with van der Waals surface area (Å²) in [6, 6.07) is 27.4. The number of carbonyl (C=O) groups excluding carboxylic acids is 3. The Balaban J connectivity index is 1.52. The van der Waals surface area contributed by atoms with Crippen LogP contribution in [0.15, 0.2) is 103 Å². The van der Waals surface area contributed by atoms with Gasteiger partial charge in [0.1, 0.15) is 23.0 Å². The molecule has 0 bridgehead atoms. The minimum Gasteiger partial charge on any atom is -0.497 e. The third kappa shape index (κ3) is 3.56. The van der Waals surface area contributed by atoms with E-state index in [1.54, 1.807) is 62.8 Å². The molecular formula is C35H28N2O5. The zero-order valence-electron chi connectivity index (χ0n) is 23.1. The van der Waals surface area contributed by atoms with E-state index in [0.29, 0.717) is 33.9 Å². The van der Waals surface area contributed by atoms with E-state index in [1.807, 2.05) is 65.6 Å². The zero-order chi connectivity index (χ0) is 29.0. The quantitative estimate of drug-likeness (QED) is 0.313. The van der Waals surface area contributed by atoms with E-state index in [4.69, 9.17) is 9.47 Å². The molecule has 1 amide bonds. The molecule has 1 spiro atoms. The van der Waals surface area contributed by atoms with Crippen LogP contribution in [0.2, 0.25) is 0 Å². The molecule has 0 aliphatic carbocycles. The first-order chi connectivity index (χ1) is 20.5. The molecular weight excluding hydrogens is 528 g/mol. The van der Waals surface area contributed by atoms with Crippen LogP contribution in [-0.4, -0.2) is 43.8 Å². The van der Waals surface area contributed by atoms with Crippen LogP contribution in [-0.2, 0) is 10.2 Å². The third-order valence-electron chi connectivity index (χ3n) is 8.82. The molecule has 4 aromatic rings. The Morgan fingerprint density at radius 3 is 2.31 bits per heavy atom. The van der Waals surface area contributed by atoms with Gasteiger partial charge in [0.2, 0.25) is 5.91 Å². The second kappa shape index (κ2) is 9.73. The normalized spacial score (nSPS) is 23.1. The van der Waals surface area contributed by atoms with E-state index in [-0.39, 0.29) is 17.5 Å². The van der Waals surface area contributed by atoms with E-state index in [1.165, 1.54) is 0 Å². The average molecular weight is 557 g/mol. The topological polar surface area (TPSA) is 84.9 Å². The number of para-hydroxylation sites is 2. The summed E-state index contributed by atoms with van der Waals surface area (Å²) in [7, 11) is 3.11. The van der Waals surface area contributed by atoms with Crippen molar-refractivity contribution in [2.75, 3.05) is 24.4 Å². The number of Topliss-reactive ketones (excluding diaryl/α,β-unsaturated/α-hetero) is 2. The molecule has 0 saturated carbocycles. The highest BCUT2D eigenvalue weighted by Crippen LogP contribution is 2.58. The summed E-state index contributed by atoms with van der Waals surface area (Å²) in [4.78, 5) is 46.0. The van der Waals surface area contributed by atoms with Gasteiger partial charge in [0.05, 0.1) is 26.2 Å². The van der Waals surface area contributed by atoms with E-state index in [9.17, 15) is 14.4 Å². The van der Waals surface area contributed by atoms with Crippen molar-refractivity contribution in [1.82, 2.24) is 0 Å². The van der Waals surface area contributed by atoms with Crippen molar-refractivity contribution < 1.29 is 23.9 Å². The van der Waals surface area contributed by atoms with E-state index in [0.717, 1.165) is 11.3 Å². The lowest BCUT2D eigenvalue weighted by molar-refractivity contribution is -0.121. The van der Waals surface area contributed by atoms with Gasteiger partial charge in [-0.15, -0.1) is 0 Å². The maximum absolute atomic E-state index is 14.8. The molecule has 4 aromatic carbocycles. The average Bonchev–Trinajstić information content (AvgIpc) is 3.52. The first kappa shape index (κ1) is 25.8. The molecule has 3 aliphatic rings. The van der Waals surface area contributed by atoms with Crippen LogP contribution in [0.1, 0.15) is 31.8 Å². The summed E-state index contributed by atoms with van der Waals surface area (Å²) in [6.07, 6.45) is 3.96. The minimum absolute atomic E-state index is 0.259. The van der Waals surface area contributed by atoms with Crippen LogP contribution < -0.4 is 19.7 Å². The van der Waals surface area contributed by atoms with Crippen molar-refractivity contribution in [3.8, 4) is 11.5 Å². The number of amides is 1. The molecule has 7 nitrogen and oxygen atoms in total. The molecule has 0 aromatic heterocycles. The smallest absolute Gasteiger partial charge is 0.238 e. The molecule has 3 aliphatic heterocycles. The maximum Gasteiger partial charge on any atom is 0.238 e. The van der Waals surface area contributed by atoms with Crippen LogP contribution in [0.3, 0.4) is 0 Å². The maximum atomic E-state index is 14.8. The highest BCUT2D eigenvalue weighted by Gasteiger charge is 2.70. The Morgan fingerprint density at radius 1 is 0.786 bits per heavy atom. The van der Waals surface area contributed by atoms with Crippen LogP contribution in [0.5, 0.6) is 11.5 Å². The zero-order valence-corrected chi connectivity index (χ0v) is 23.1. The van der Waals surface area contributed by atoms with Gasteiger partial charge >= 0.3 is 0 Å². The molecule has 4 unspecified atom stereocenters. The molecule has 4 atom stereocenters. The minimum atomic E-state index is -1.36. The number of nitrogens with zero attached hydrogens (tertiary/aromatic N) is 1. The molecule has 1 N–H and O–H groups in total. The SMILES string of the molecule is COc1ccc(C(=O)C2C(C(=O)c3cccc(OC)c3)N3c4ccccc4C=CC3C23C(=O)Nc2ccccc23)cc1. The van der Waals surface area contributed by atoms with E-state index >= 15 is 0 Å². The lowest BCUT2D eigenvalue weighted by Gasteiger charge is -2.37. The fraction of sp³-hybridized carbons (Fsp3) is 0.171. The Bertz CT molecular complexity index is 1780. The molecule has 208 valence electrons. The number of nitrogens with one attached hydrogen (secondary N) is 1. The van der Waals surface area contributed by atoms with Crippen molar-refractivity contribution >= 4 is 34.9 Å². The molecule has 7 heteroatoms. The summed E-state index contributed by atoms with van der Waals surface area (Å²) in [6.45, 7) is 0. The predicted molar refractivity (Wildman–Crippen MR) is 160 cm³/mol. The molecule has 1 fully saturated rings. The molecule has 7 rings (SSSR count). The van der Waals surface area contributed by atoms with Crippen LogP contribution in [0.4, 0.5) is 11.4 Å². The Morgan fingerprint density at radius 2 is 1.52 bits per heavy atom. The molecule has 3 heterocycles. The Kier molecular flexibility index (Phi) is 5.97. The summed E-state index contributed by atoms with van der Waals surface area (Å²) in [5.74, 6) is -0.749. The Labute approximate surface area is 243 Å². The van der Waals surface area contributed by atoms with Crippen molar-refractivity contribution in [1.29, 1.82) is 0 Å². The van der Waals surface area contributed by atoms with Gasteiger partial charge in [-0.3, -0.25) is 14.4 Å².